The number of halogens is 1. The van der Waals surface area contributed by atoms with E-state index >= 15 is 0 Å². The second-order valence-corrected chi connectivity index (χ2v) is 5.92. The summed E-state index contributed by atoms with van der Waals surface area (Å²) in [4.78, 5) is 11.6. The van der Waals surface area contributed by atoms with Gasteiger partial charge in [0.25, 0.3) is 0 Å². The fourth-order valence-electron chi connectivity index (χ4n) is 2.34. The van der Waals surface area contributed by atoms with Crippen LogP contribution in [0.2, 0.25) is 5.02 Å². The summed E-state index contributed by atoms with van der Waals surface area (Å²) in [5.41, 5.74) is 0.114. The number of anilines is 2. The molecule has 0 aromatic heterocycles. The number of carboxylic acid groups (broad SMARTS) is 1. The van der Waals surface area contributed by atoms with Crippen molar-refractivity contribution in [2.75, 3.05) is 5.32 Å². The Kier molecular flexibility index (Phi) is 5.23. The monoisotopic (exact) mass is 383 g/mol. The highest BCUT2D eigenvalue weighted by molar-refractivity contribution is 6.30. The second kappa shape index (κ2) is 7.76. The molecule has 0 radical (unpaired) electrons. The van der Waals surface area contributed by atoms with Gasteiger partial charge in [0.1, 0.15) is 17.0 Å². The summed E-state index contributed by atoms with van der Waals surface area (Å²) < 4.78 is 0. The van der Waals surface area contributed by atoms with Gasteiger partial charge in [-0.25, -0.2) is 4.79 Å². The van der Waals surface area contributed by atoms with Crippen molar-refractivity contribution in [2.45, 2.75) is 0 Å². The van der Waals surface area contributed by atoms with E-state index < -0.39 is 23.0 Å². The largest absolute Gasteiger partial charge is 0.506 e. The lowest BCUT2D eigenvalue weighted by Crippen LogP contribution is -2.01. The van der Waals surface area contributed by atoms with Crippen molar-refractivity contribution >= 4 is 40.3 Å². The molecule has 0 saturated carbocycles. The Morgan fingerprint density at radius 3 is 2.26 bits per heavy atom. The van der Waals surface area contributed by atoms with Gasteiger partial charge in [0.05, 0.1) is 11.4 Å². The van der Waals surface area contributed by atoms with E-state index in [1.807, 2.05) is 0 Å². The van der Waals surface area contributed by atoms with Crippen molar-refractivity contribution in [2.24, 2.45) is 10.2 Å². The molecule has 0 aliphatic rings. The Morgan fingerprint density at radius 2 is 1.63 bits per heavy atom. The van der Waals surface area contributed by atoms with Crippen molar-refractivity contribution in [3.8, 4) is 11.5 Å². The lowest BCUT2D eigenvalue weighted by Gasteiger charge is -2.13. The summed E-state index contributed by atoms with van der Waals surface area (Å²) in [7, 11) is 0. The second-order valence-electron chi connectivity index (χ2n) is 5.49. The molecule has 136 valence electrons. The summed E-state index contributed by atoms with van der Waals surface area (Å²) in [6, 6.07) is 16.3. The number of phenolic OH excluding ortho intramolecular Hbond substituents is 1. The van der Waals surface area contributed by atoms with Crippen LogP contribution in [0.15, 0.2) is 70.9 Å². The standard InChI is InChI=1S/C19H14ClN3O4/c20-11-6-8-12(9-7-11)21-14-10-15(24)17(16(18(14)25)19(26)27)23-22-13-4-2-1-3-5-13/h1-10,21,24-25H,(H,26,27). The molecule has 3 aromatic carbocycles. The number of hydrogen-bond donors (Lipinski definition) is 4. The van der Waals surface area contributed by atoms with Crippen molar-refractivity contribution < 1.29 is 20.1 Å². The summed E-state index contributed by atoms with van der Waals surface area (Å²) in [6.07, 6.45) is 0. The van der Waals surface area contributed by atoms with E-state index in [-0.39, 0.29) is 11.4 Å². The minimum Gasteiger partial charge on any atom is -0.506 e. The van der Waals surface area contributed by atoms with Crippen LogP contribution >= 0.6 is 11.6 Å². The van der Waals surface area contributed by atoms with Gasteiger partial charge >= 0.3 is 5.97 Å². The molecule has 0 aliphatic carbocycles. The highest BCUT2D eigenvalue weighted by atomic mass is 35.5. The van der Waals surface area contributed by atoms with Crippen LogP contribution in [0.5, 0.6) is 11.5 Å². The van der Waals surface area contributed by atoms with Gasteiger partial charge in [-0.2, -0.15) is 5.11 Å². The molecule has 3 aromatic rings. The fraction of sp³-hybridized carbons (Fsp3) is 0. The Bertz CT molecular complexity index is 1010. The molecule has 0 unspecified atom stereocenters. The maximum atomic E-state index is 11.6. The number of nitrogens with one attached hydrogen (secondary N) is 1. The molecule has 0 fully saturated rings. The van der Waals surface area contributed by atoms with Gasteiger partial charge in [-0.3, -0.25) is 0 Å². The van der Waals surface area contributed by atoms with Crippen molar-refractivity contribution in [1.29, 1.82) is 0 Å². The van der Waals surface area contributed by atoms with E-state index in [1.54, 1.807) is 54.6 Å². The highest BCUT2D eigenvalue weighted by Gasteiger charge is 2.23. The zero-order valence-electron chi connectivity index (χ0n) is 13.8. The third kappa shape index (κ3) is 4.16. The van der Waals surface area contributed by atoms with Gasteiger partial charge in [-0.15, -0.1) is 5.11 Å². The minimum absolute atomic E-state index is 0.00545. The van der Waals surface area contributed by atoms with Crippen LogP contribution in [0.1, 0.15) is 10.4 Å². The number of carbonyl (C=O) groups is 1. The number of phenols is 2. The topological polar surface area (TPSA) is 115 Å². The molecule has 0 atom stereocenters. The van der Waals surface area contributed by atoms with E-state index in [2.05, 4.69) is 15.5 Å². The molecule has 0 spiro atoms. The predicted molar refractivity (Wildman–Crippen MR) is 102 cm³/mol. The van der Waals surface area contributed by atoms with E-state index in [4.69, 9.17) is 11.6 Å². The number of rotatable bonds is 5. The number of aromatic hydroxyl groups is 2. The van der Waals surface area contributed by atoms with Crippen LogP contribution in [-0.4, -0.2) is 21.3 Å². The van der Waals surface area contributed by atoms with E-state index in [1.165, 1.54) is 6.07 Å². The van der Waals surface area contributed by atoms with Crippen LogP contribution < -0.4 is 5.32 Å². The van der Waals surface area contributed by atoms with Gasteiger partial charge in [-0.1, -0.05) is 29.8 Å². The van der Waals surface area contributed by atoms with E-state index in [0.29, 0.717) is 16.4 Å². The first kappa shape index (κ1) is 18.2. The first-order chi connectivity index (χ1) is 13.0. The van der Waals surface area contributed by atoms with Gasteiger partial charge in [0.15, 0.2) is 5.75 Å². The van der Waals surface area contributed by atoms with Crippen molar-refractivity contribution in [3.63, 3.8) is 0 Å². The van der Waals surface area contributed by atoms with E-state index in [0.717, 1.165) is 0 Å². The molecule has 8 heteroatoms. The molecule has 3 rings (SSSR count). The Balaban J connectivity index is 2.02. The maximum absolute atomic E-state index is 11.6. The molecule has 7 nitrogen and oxygen atoms in total. The lowest BCUT2D eigenvalue weighted by atomic mass is 10.1. The predicted octanol–water partition coefficient (Wildman–Crippen LogP) is 5.61. The zero-order chi connectivity index (χ0) is 19.4. The Labute approximate surface area is 159 Å². The third-order valence-corrected chi connectivity index (χ3v) is 3.86. The highest BCUT2D eigenvalue weighted by Crippen LogP contribution is 2.43. The average molecular weight is 384 g/mol. The Morgan fingerprint density at radius 1 is 0.963 bits per heavy atom. The Hall–Kier alpha value is -3.58. The van der Waals surface area contributed by atoms with Crippen molar-refractivity contribution in [1.82, 2.24) is 0 Å². The summed E-state index contributed by atoms with van der Waals surface area (Å²) in [5.74, 6) is -2.47. The van der Waals surface area contributed by atoms with Crippen LogP contribution in [0, 0.1) is 0 Å². The average Bonchev–Trinajstić information content (AvgIpc) is 2.65. The summed E-state index contributed by atoms with van der Waals surface area (Å²) in [6.45, 7) is 0. The molecule has 0 bridgehead atoms. The molecule has 0 aliphatic heterocycles. The van der Waals surface area contributed by atoms with Crippen LogP contribution in [0.3, 0.4) is 0 Å². The zero-order valence-corrected chi connectivity index (χ0v) is 14.6. The number of carboxylic acids is 1. The smallest absolute Gasteiger partial charge is 0.342 e. The first-order valence-corrected chi connectivity index (χ1v) is 8.15. The number of aromatic carboxylic acids is 1. The van der Waals surface area contributed by atoms with Crippen molar-refractivity contribution in [3.05, 3.63) is 71.2 Å². The molecule has 0 heterocycles. The lowest BCUT2D eigenvalue weighted by molar-refractivity contribution is 0.0694. The van der Waals surface area contributed by atoms with Crippen LogP contribution in [-0.2, 0) is 0 Å². The SMILES string of the molecule is O=C(O)c1c(O)c(Nc2ccc(Cl)cc2)cc(O)c1N=Nc1ccccc1. The van der Waals surface area contributed by atoms with Crippen LogP contribution in [0.4, 0.5) is 22.7 Å². The normalized spacial score (nSPS) is 10.9. The molecule has 0 saturated heterocycles. The molecular weight excluding hydrogens is 370 g/mol. The van der Waals surface area contributed by atoms with Crippen LogP contribution in [0.25, 0.3) is 0 Å². The summed E-state index contributed by atoms with van der Waals surface area (Å²) in [5, 5.41) is 41.2. The third-order valence-electron chi connectivity index (χ3n) is 3.61. The summed E-state index contributed by atoms with van der Waals surface area (Å²) >= 11 is 5.83. The fourth-order valence-corrected chi connectivity index (χ4v) is 2.46. The van der Waals surface area contributed by atoms with Gasteiger partial charge in [0.2, 0.25) is 0 Å². The first-order valence-electron chi connectivity index (χ1n) is 7.77. The molecule has 0 amide bonds. The number of azo groups is 1. The quantitative estimate of drug-likeness (QED) is 0.260. The van der Waals surface area contributed by atoms with Gasteiger partial charge in [0, 0.05) is 16.8 Å². The van der Waals surface area contributed by atoms with Gasteiger partial charge < -0.3 is 20.6 Å². The molecule has 4 N–H and O–H groups in total. The van der Waals surface area contributed by atoms with E-state index in [9.17, 15) is 20.1 Å². The maximum Gasteiger partial charge on any atom is 0.342 e. The molecule has 27 heavy (non-hydrogen) atoms. The number of nitrogens with zero attached hydrogens (tertiary/aromatic N) is 2. The molecular formula is C19H14ClN3O4. The number of benzene rings is 3. The number of hydrogen-bond acceptors (Lipinski definition) is 6. The van der Waals surface area contributed by atoms with Gasteiger partial charge in [-0.05, 0) is 36.4 Å². The minimum atomic E-state index is -1.45.